The molecule has 1 fully saturated rings. The Bertz CT molecular complexity index is 1620. The summed E-state index contributed by atoms with van der Waals surface area (Å²) in [6.45, 7) is 6.81. The highest BCUT2D eigenvalue weighted by Gasteiger charge is 2.42. The molecule has 8 nitrogen and oxygen atoms in total. The molecule has 2 aromatic carbocycles. The molecular formula is C26H27Cl2N5O3S2. The molecule has 1 aliphatic heterocycles. The van der Waals surface area contributed by atoms with E-state index in [1.807, 2.05) is 43.7 Å². The van der Waals surface area contributed by atoms with Crippen molar-refractivity contribution in [1.82, 2.24) is 19.1 Å². The van der Waals surface area contributed by atoms with Crippen molar-refractivity contribution < 1.29 is 13.2 Å². The summed E-state index contributed by atoms with van der Waals surface area (Å²) in [6, 6.07) is 10.8. The van der Waals surface area contributed by atoms with E-state index in [4.69, 9.17) is 28.2 Å². The Balaban J connectivity index is 1.51. The molecule has 0 N–H and O–H groups in total. The van der Waals surface area contributed by atoms with E-state index in [2.05, 4.69) is 5.10 Å². The quantitative estimate of drug-likeness (QED) is 0.278. The Morgan fingerprint density at radius 3 is 2.53 bits per heavy atom. The van der Waals surface area contributed by atoms with Gasteiger partial charge >= 0.3 is 0 Å². The zero-order valence-corrected chi connectivity index (χ0v) is 24.3. The first-order chi connectivity index (χ1) is 18.0. The van der Waals surface area contributed by atoms with Crippen LogP contribution in [0.1, 0.15) is 29.8 Å². The van der Waals surface area contributed by atoms with Crippen molar-refractivity contribution in [3.63, 3.8) is 0 Å². The van der Waals surface area contributed by atoms with Crippen LogP contribution in [-0.4, -0.2) is 52.5 Å². The first-order valence-electron chi connectivity index (χ1n) is 12.2. The minimum Gasteiger partial charge on any atom is -0.285 e. The smallest absolute Gasteiger partial charge is 0.247 e. The van der Waals surface area contributed by atoms with Gasteiger partial charge in [-0.3, -0.25) is 14.4 Å². The molecule has 5 rings (SSSR count). The highest BCUT2D eigenvalue weighted by atomic mass is 35.5. The summed E-state index contributed by atoms with van der Waals surface area (Å²) in [4.78, 5) is 20.7. The van der Waals surface area contributed by atoms with Crippen molar-refractivity contribution in [2.24, 2.45) is 0 Å². The van der Waals surface area contributed by atoms with E-state index in [0.29, 0.717) is 41.1 Å². The number of amides is 1. The molecule has 1 saturated heterocycles. The molecule has 200 valence electrons. The van der Waals surface area contributed by atoms with E-state index in [1.165, 1.54) is 39.9 Å². The molecule has 1 amide bonds. The molecule has 1 unspecified atom stereocenters. The number of thiazole rings is 1. The molecular weight excluding hydrogens is 565 g/mol. The SMILES string of the molecule is Cc1cc(C)n(CCN(C(=O)C2CCCN2S(=O)(=O)c2ccc(Cl)cc2)c2nc3c(C)cc(Cl)cc3s2)n1. The van der Waals surface area contributed by atoms with E-state index in [-0.39, 0.29) is 17.3 Å². The van der Waals surface area contributed by atoms with Crippen LogP contribution in [0.4, 0.5) is 5.13 Å². The summed E-state index contributed by atoms with van der Waals surface area (Å²) in [5, 5.41) is 6.08. The second kappa shape index (κ2) is 10.6. The van der Waals surface area contributed by atoms with Crippen LogP contribution >= 0.6 is 34.5 Å². The maximum Gasteiger partial charge on any atom is 0.247 e. The van der Waals surface area contributed by atoms with Gasteiger partial charge in [0, 0.05) is 28.8 Å². The number of sulfonamides is 1. The number of benzene rings is 2. The largest absolute Gasteiger partial charge is 0.285 e. The summed E-state index contributed by atoms with van der Waals surface area (Å²) in [6.07, 6.45) is 1.01. The molecule has 1 aliphatic rings. The average Bonchev–Trinajstić information content (AvgIpc) is 3.58. The number of hydrogen-bond acceptors (Lipinski definition) is 6. The molecule has 3 heterocycles. The van der Waals surface area contributed by atoms with E-state index in [0.717, 1.165) is 27.2 Å². The van der Waals surface area contributed by atoms with Crippen molar-refractivity contribution in [2.75, 3.05) is 18.0 Å². The number of rotatable bonds is 7. The summed E-state index contributed by atoms with van der Waals surface area (Å²) in [5.41, 5.74) is 3.56. The van der Waals surface area contributed by atoms with Crippen molar-refractivity contribution in [2.45, 2.75) is 51.1 Å². The van der Waals surface area contributed by atoms with Crippen molar-refractivity contribution >= 4 is 65.8 Å². The fraction of sp³-hybridized carbons (Fsp3) is 0.346. The Morgan fingerprint density at radius 1 is 1.11 bits per heavy atom. The van der Waals surface area contributed by atoms with Gasteiger partial charge in [0.05, 0.1) is 27.4 Å². The lowest BCUT2D eigenvalue weighted by Gasteiger charge is -2.28. The molecule has 38 heavy (non-hydrogen) atoms. The Morgan fingerprint density at radius 2 is 1.84 bits per heavy atom. The second-order valence-corrected chi connectivity index (χ2v) is 13.2. The predicted octanol–water partition coefficient (Wildman–Crippen LogP) is 5.61. The van der Waals surface area contributed by atoms with Crippen molar-refractivity contribution in [1.29, 1.82) is 0 Å². The van der Waals surface area contributed by atoms with Gasteiger partial charge in [0.25, 0.3) is 0 Å². The number of halogens is 2. The number of aryl methyl sites for hydroxylation is 3. The summed E-state index contributed by atoms with van der Waals surface area (Å²) < 4.78 is 31.1. The topological polar surface area (TPSA) is 88.4 Å². The van der Waals surface area contributed by atoms with Gasteiger partial charge < -0.3 is 0 Å². The number of carbonyl (C=O) groups excluding carboxylic acids is 1. The zero-order chi connectivity index (χ0) is 27.2. The summed E-state index contributed by atoms with van der Waals surface area (Å²) in [5.74, 6) is -0.302. The van der Waals surface area contributed by atoms with Gasteiger partial charge in [0.1, 0.15) is 6.04 Å². The van der Waals surface area contributed by atoms with Crippen LogP contribution in [0.3, 0.4) is 0 Å². The van der Waals surface area contributed by atoms with Crippen LogP contribution in [0.15, 0.2) is 47.4 Å². The van der Waals surface area contributed by atoms with Crippen LogP contribution in [0, 0.1) is 20.8 Å². The number of aromatic nitrogens is 3. The number of hydrogen-bond donors (Lipinski definition) is 0. The maximum atomic E-state index is 14.1. The molecule has 4 aromatic rings. The van der Waals surface area contributed by atoms with Crippen LogP contribution in [-0.2, 0) is 21.4 Å². The second-order valence-electron chi connectivity index (χ2n) is 9.43. The Hall–Kier alpha value is -2.50. The van der Waals surface area contributed by atoms with E-state index in [1.54, 1.807) is 4.90 Å². The van der Waals surface area contributed by atoms with Crippen LogP contribution < -0.4 is 4.90 Å². The van der Waals surface area contributed by atoms with Crippen molar-refractivity contribution in [3.8, 4) is 0 Å². The van der Waals surface area contributed by atoms with E-state index >= 15 is 0 Å². The Labute approximate surface area is 235 Å². The van der Waals surface area contributed by atoms with Gasteiger partial charge in [-0.1, -0.05) is 34.5 Å². The molecule has 12 heteroatoms. The molecule has 0 saturated carbocycles. The minimum atomic E-state index is -3.90. The number of nitrogens with zero attached hydrogens (tertiary/aromatic N) is 5. The van der Waals surface area contributed by atoms with Gasteiger partial charge in [-0.15, -0.1) is 0 Å². The van der Waals surface area contributed by atoms with Crippen LogP contribution in [0.25, 0.3) is 10.2 Å². The fourth-order valence-electron chi connectivity index (χ4n) is 4.85. The molecule has 2 aromatic heterocycles. The highest BCUT2D eigenvalue weighted by molar-refractivity contribution is 7.89. The first kappa shape index (κ1) is 27.1. The third-order valence-electron chi connectivity index (χ3n) is 6.68. The highest BCUT2D eigenvalue weighted by Crippen LogP contribution is 2.35. The number of carbonyl (C=O) groups is 1. The van der Waals surface area contributed by atoms with Gasteiger partial charge in [-0.05, 0) is 81.6 Å². The lowest BCUT2D eigenvalue weighted by atomic mass is 10.2. The standard InChI is InChI=1S/C26H27Cl2N5O3S2/c1-16-13-20(28)15-23-24(16)29-26(37-23)31(11-12-32-18(3)14-17(2)30-32)25(34)22-5-4-10-33(22)38(35,36)21-8-6-19(27)7-9-21/h6-9,13-15,22H,4-5,10-12H2,1-3H3. The van der Waals surface area contributed by atoms with Gasteiger partial charge in [-0.2, -0.15) is 9.40 Å². The zero-order valence-electron chi connectivity index (χ0n) is 21.2. The minimum absolute atomic E-state index is 0.112. The molecule has 1 atom stereocenters. The van der Waals surface area contributed by atoms with Gasteiger partial charge in [-0.25, -0.2) is 13.4 Å². The Kier molecular flexibility index (Phi) is 7.54. The van der Waals surface area contributed by atoms with Crippen molar-refractivity contribution in [3.05, 3.63) is 69.5 Å². The number of anilines is 1. The molecule has 0 aliphatic carbocycles. The summed E-state index contributed by atoms with van der Waals surface area (Å²) in [7, 11) is -3.90. The average molecular weight is 593 g/mol. The lowest BCUT2D eigenvalue weighted by Crippen LogP contribution is -2.48. The lowest BCUT2D eigenvalue weighted by molar-refractivity contribution is -0.121. The van der Waals surface area contributed by atoms with Crippen LogP contribution in [0.2, 0.25) is 10.0 Å². The number of fused-ring (bicyclic) bond motifs is 1. The first-order valence-corrected chi connectivity index (χ1v) is 15.2. The monoisotopic (exact) mass is 591 g/mol. The fourth-order valence-corrected chi connectivity index (χ4v) is 8.08. The predicted molar refractivity (Wildman–Crippen MR) is 152 cm³/mol. The van der Waals surface area contributed by atoms with E-state index < -0.39 is 16.1 Å². The molecule has 0 spiro atoms. The third kappa shape index (κ3) is 5.20. The molecule has 0 bridgehead atoms. The van der Waals surface area contributed by atoms with Crippen LogP contribution in [0.5, 0.6) is 0 Å². The maximum absolute atomic E-state index is 14.1. The van der Waals surface area contributed by atoms with Gasteiger partial charge in [0.2, 0.25) is 15.9 Å². The normalized spacial score (nSPS) is 16.4. The van der Waals surface area contributed by atoms with Gasteiger partial charge in [0.15, 0.2) is 5.13 Å². The summed E-state index contributed by atoms with van der Waals surface area (Å²) >= 11 is 13.6. The third-order valence-corrected chi connectivity index (χ3v) is 10.1. The van der Waals surface area contributed by atoms with E-state index in [9.17, 15) is 13.2 Å². The molecule has 0 radical (unpaired) electrons.